The number of aliphatic hydroxyl groups excluding tert-OH is 1. The van der Waals surface area contributed by atoms with Crippen LogP contribution in [-0.4, -0.2) is 23.6 Å². The Morgan fingerprint density at radius 1 is 1.15 bits per heavy atom. The van der Waals surface area contributed by atoms with Gasteiger partial charge in [0.25, 0.3) is 0 Å². The summed E-state index contributed by atoms with van der Waals surface area (Å²) >= 11 is 0. The van der Waals surface area contributed by atoms with Gasteiger partial charge in [0.1, 0.15) is 11.9 Å². The van der Waals surface area contributed by atoms with Crippen molar-refractivity contribution < 1.29 is 14.6 Å². The Morgan fingerprint density at radius 3 is 2.60 bits per heavy atom. The zero-order valence-corrected chi connectivity index (χ0v) is 11.8. The van der Waals surface area contributed by atoms with E-state index in [2.05, 4.69) is 12.1 Å². The van der Waals surface area contributed by atoms with Gasteiger partial charge in [-0.15, -0.1) is 0 Å². The topological polar surface area (TPSA) is 38.7 Å². The first-order valence-electron chi connectivity index (χ1n) is 7.53. The summed E-state index contributed by atoms with van der Waals surface area (Å²) in [5.41, 5.74) is 1.23. The highest BCUT2D eigenvalue weighted by molar-refractivity contribution is 5.19. The van der Waals surface area contributed by atoms with Crippen LogP contribution in [0.15, 0.2) is 42.2 Å². The predicted octanol–water partition coefficient (Wildman–Crippen LogP) is 3.18. The van der Waals surface area contributed by atoms with Gasteiger partial charge in [0.05, 0.1) is 6.61 Å². The lowest BCUT2D eigenvalue weighted by atomic mass is 9.94. The van der Waals surface area contributed by atoms with Gasteiger partial charge in [-0.3, -0.25) is 0 Å². The molecule has 1 aliphatic heterocycles. The first-order chi connectivity index (χ1) is 9.81. The molecule has 0 aromatic heterocycles. The highest BCUT2D eigenvalue weighted by Gasteiger charge is 2.45. The summed E-state index contributed by atoms with van der Waals surface area (Å²) in [6, 6.07) is 10.3. The van der Waals surface area contributed by atoms with Gasteiger partial charge in [0.15, 0.2) is 0 Å². The molecule has 1 aromatic carbocycles. The first kappa shape index (κ1) is 13.7. The molecule has 1 aromatic rings. The van der Waals surface area contributed by atoms with Gasteiger partial charge >= 0.3 is 0 Å². The minimum Gasteiger partial charge on any atom is -0.464 e. The third-order valence-corrected chi connectivity index (χ3v) is 4.15. The maximum Gasteiger partial charge on any atom is 0.210 e. The number of rotatable bonds is 3. The molecular weight excluding hydrogens is 252 g/mol. The van der Waals surface area contributed by atoms with Crippen molar-refractivity contribution in [1.29, 1.82) is 0 Å². The molecule has 3 rings (SSSR count). The number of hydrogen-bond acceptors (Lipinski definition) is 3. The van der Waals surface area contributed by atoms with Crippen LogP contribution in [-0.2, 0) is 15.9 Å². The lowest BCUT2D eigenvalue weighted by Gasteiger charge is -2.31. The SMILES string of the molecule is OC/C=C1\OC2(CCCCC2)O[C@@H]1Cc1ccccc1. The molecule has 0 unspecified atom stereocenters. The number of hydrogen-bond donors (Lipinski definition) is 1. The molecule has 3 nitrogen and oxygen atoms in total. The van der Waals surface area contributed by atoms with E-state index < -0.39 is 5.79 Å². The van der Waals surface area contributed by atoms with Gasteiger partial charge in [-0.2, -0.15) is 0 Å². The quantitative estimate of drug-likeness (QED) is 0.920. The fourth-order valence-corrected chi connectivity index (χ4v) is 3.17. The zero-order chi connectivity index (χ0) is 13.8. The lowest BCUT2D eigenvalue weighted by Crippen LogP contribution is -2.33. The Kier molecular flexibility index (Phi) is 4.08. The van der Waals surface area contributed by atoms with E-state index >= 15 is 0 Å². The van der Waals surface area contributed by atoms with Gasteiger partial charge in [0.2, 0.25) is 5.79 Å². The molecule has 2 aliphatic rings. The molecule has 1 saturated heterocycles. The summed E-state index contributed by atoms with van der Waals surface area (Å²) in [5.74, 6) is 0.372. The summed E-state index contributed by atoms with van der Waals surface area (Å²) < 4.78 is 12.4. The molecule has 1 saturated carbocycles. The van der Waals surface area contributed by atoms with Crippen molar-refractivity contribution in [3.8, 4) is 0 Å². The standard InChI is InChI=1S/C17H22O3/c18-12-9-15-16(13-14-7-3-1-4-8-14)20-17(19-15)10-5-2-6-11-17/h1,3-4,7-9,16,18H,2,5-6,10-13H2/b15-9-/t16-/m1/s1. The molecule has 3 heteroatoms. The third kappa shape index (κ3) is 2.89. The fraction of sp³-hybridized carbons (Fsp3) is 0.529. The van der Waals surface area contributed by atoms with Crippen LogP contribution in [0, 0.1) is 0 Å². The van der Waals surface area contributed by atoms with Crippen LogP contribution in [0.5, 0.6) is 0 Å². The minimum absolute atomic E-state index is 0.0000625. The van der Waals surface area contributed by atoms with E-state index in [-0.39, 0.29) is 12.7 Å². The molecule has 0 radical (unpaired) electrons. The Morgan fingerprint density at radius 2 is 1.90 bits per heavy atom. The van der Waals surface area contributed by atoms with Crippen molar-refractivity contribution in [2.75, 3.05) is 6.61 Å². The maximum absolute atomic E-state index is 9.19. The van der Waals surface area contributed by atoms with Crippen LogP contribution in [0.25, 0.3) is 0 Å². The van der Waals surface area contributed by atoms with E-state index in [1.807, 2.05) is 18.2 Å². The van der Waals surface area contributed by atoms with E-state index in [9.17, 15) is 5.11 Å². The largest absolute Gasteiger partial charge is 0.464 e. The molecular formula is C17H22O3. The van der Waals surface area contributed by atoms with E-state index in [0.717, 1.165) is 37.9 Å². The van der Waals surface area contributed by atoms with Crippen molar-refractivity contribution in [2.24, 2.45) is 0 Å². The molecule has 20 heavy (non-hydrogen) atoms. The Labute approximate surface area is 120 Å². The highest BCUT2D eigenvalue weighted by Crippen LogP contribution is 2.42. The second-order valence-electron chi connectivity index (χ2n) is 5.66. The summed E-state index contributed by atoms with van der Waals surface area (Å²) in [7, 11) is 0. The molecule has 0 bridgehead atoms. The Balaban J connectivity index is 1.76. The average Bonchev–Trinajstić information content (AvgIpc) is 2.78. The van der Waals surface area contributed by atoms with E-state index in [1.54, 1.807) is 6.08 Å². The molecule has 0 amide bonds. The van der Waals surface area contributed by atoms with Crippen LogP contribution in [0.3, 0.4) is 0 Å². The van der Waals surface area contributed by atoms with Crippen molar-refractivity contribution in [2.45, 2.75) is 50.4 Å². The van der Waals surface area contributed by atoms with Crippen molar-refractivity contribution in [1.82, 2.24) is 0 Å². The lowest BCUT2D eigenvalue weighted by molar-refractivity contribution is -0.181. The molecule has 1 N–H and O–H groups in total. The highest BCUT2D eigenvalue weighted by atomic mass is 16.7. The zero-order valence-electron chi connectivity index (χ0n) is 11.8. The predicted molar refractivity (Wildman–Crippen MR) is 77.1 cm³/mol. The number of aliphatic hydroxyl groups is 1. The van der Waals surface area contributed by atoms with Crippen LogP contribution >= 0.6 is 0 Å². The monoisotopic (exact) mass is 274 g/mol. The van der Waals surface area contributed by atoms with E-state index in [0.29, 0.717) is 0 Å². The van der Waals surface area contributed by atoms with Crippen LogP contribution in [0.2, 0.25) is 0 Å². The molecule has 108 valence electrons. The van der Waals surface area contributed by atoms with Crippen molar-refractivity contribution >= 4 is 0 Å². The third-order valence-electron chi connectivity index (χ3n) is 4.15. The maximum atomic E-state index is 9.19. The van der Waals surface area contributed by atoms with Gasteiger partial charge < -0.3 is 14.6 Å². The van der Waals surface area contributed by atoms with Crippen molar-refractivity contribution in [3.63, 3.8) is 0 Å². The minimum atomic E-state index is -0.432. The average molecular weight is 274 g/mol. The second-order valence-corrected chi connectivity index (χ2v) is 5.66. The second kappa shape index (κ2) is 5.98. The van der Waals surface area contributed by atoms with Gasteiger partial charge in [0, 0.05) is 19.3 Å². The number of ether oxygens (including phenoxy) is 2. The first-order valence-corrected chi connectivity index (χ1v) is 7.53. The van der Waals surface area contributed by atoms with Gasteiger partial charge in [-0.25, -0.2) is 0 Å². The summed E-state index contributed by atoms with van der Waals surface area (Å²) in [6.45, 7) is 0.0000625. The Bertz CT molecular complexity index is 460. The normalized spacial score (nSPS) is 26.9. The van der Waals surface area contributed by atoms with Crippen LogP contribution in [0.4, 0.5) is 0 Å². The molecule has 1 heterocycles. The van der Waals surface area contributed by atoms with Crippen LogP contribution in [0.1, 0.15) is 37.7 Å². The van der Waals surface area contributed by atoms with Gasteiger partial charge in [-0.1, -0.05) is 36.8 Å². The molecule has 2 fully saturated rings. The Hall–Kier alpha value is -1.32. The number of benzene rings is 1. The van der Waals surface area contributed by atoms with E-state index in [1.165, 1.54) is 12.0 Å². The van der Waals surface area contributed by atoms with Crippen molar-refractivity contribution in [3.05, 3.63) is 47.7 Å². The van der Waals surface area contributed by atoms with Crippen LogP contribution < -0.4 is 0 Å². The summed E-state index contributed by atoms with van der Waals surface area (Å²) in [5, 5.41) is 9.19. The fourth-order valence-electron chi connectivity index (χ4n) is 3.17. The smallest absolute Gasteiger partial charge is 0.210 e. The molecule has 1 spiro atoms. The van der Waals surface area contributed by atoms with E-state index in [4.69, 9.17) is 9.47 Å². The van der Waals surface area contributed by atoms with Gasteiger partial charge in [-0.05, 0) is 24.5 Å². The molecule has 1 aliphatic carbocycles. The summed E-state index contributed by atoms with van der Waals surface area (Å²) in [4.78, 5) is 0. The molecule has 1 atom stereocenters. The summed E-state index contributed by atoms with van der Waals surface area (Å²) in [6.07, 6.45) is 7.97.